The van der Waals surface area contributed by atoms with E-state index in [-0.39, 0.29) is 11.8 Å². The monoisotopic (exact) mass is 295 g/mol. The Kier molecular flexibility index (Phi) is 4.95. The quantitative estimate of drug-likeness (QED) is 0.865. The van der Waals surface area contributed by atoms with Crippen molar-refractivity contribution in [2.24, 2.45) is 17.8 Å². The summed E-state index contributed by atoms with van der Waals surface area (Å²) in [5, 5.41) is 9.38. The van der Waals surface area contributed by atoms with Crippen LogP contribution in [0.5, 0.6) is 0 Å². The molecule has 0 heterocycles. The fourth-order valence-corrected chi connectivity index (χ4v) is 4.26. The second-order valence-electron chi connectivity index (χ2n) is 7.26. The van der Waals surface area contributed by atoms with Crippen LogP contribution in [0.2, 0.25) is 0 Å². The lowest BCUT2D eigenvalue weighted by Gasteiger charge is -2.42. The van der Waals surface area contributed by atoms with Crippen LogP contribution in [0.3, 0.4) is 0 Å². The maximum Gasteiger partial charge on any atom is 0.329 e. The molecule has 0 aromatic rings. The van der Waals surface area contributed by atoms with Crippen molar-refractivity contribution in [3.8, 4) is 0 Å². The Bertz CT molecular complexity index is 405. The Balaban J connectivity index is 2.06. The fraction of sp³-hybridized carbons (Fsp3) is 0.882. The first-order valence-corrected chi connectivity index (χ1v) is 8.42. The van der Waals surface area contributed by atoms with E-state index < -0.39 is 11.5 Å². The van der Waals surface area contributed by atoms with E-state index in [1.54, 1.807) is 18.7 Å². The average Bonchev–Trinajstić information content (AvgIpc) is 2.46. The number of fused-ring (bicyclic) bond motifs is 1. The molecule has 0 bridgehead atoms. The Labute approximate surface area is 127 Å². The molecule has 4 nitrogen and oxygen atoms in total. The van der Waals surface area contributed by atoms with Gasteiger partial charge in [0.25, 0.3) is 0 Å². The van der Waals surface area contributed by atoms with Crippen LogP contribution in [0.1, 0.15) is 65.7 Å². The van der Waals surface area contributed by atoms with Crippen LogP contribution in [-0.2, 0) is 9.59 Å². The largest absolute Gasteiger partial charge is 0.480 e. The molecule has 120 valence electrons. The van der Waals surface area contributed by atoms with Gasteiger partial charge in [-0.25, -0.2) is 4.79 Å². The third-order valence-electron chi connectivity index (χ3n) is 5.67. The number of carbonyl (C=O) groups excluding carboxylic acids is 1. The number of nitrogens with zero attached hydrogens (tertiary/aromatic N) is 1. The van der Waals surface area contributed by atoms with Gasteiger partial charge in [-0.15, -0.1) is 0 Å². The predicted molar refractivity (Wildman–Crippen MR) is 81.9 cm³/mol. The number of carboxylic acid groups (broad SMARTS) is 1. The molecule has 2 saturated carbocycles. The molecule has 2 aliphatic rings. The van der Waals surface area contributed by atoms with E-state index in [1.165, 1.54) is 25.7 Å². The minimum Gasteiger partial charge on any atom is -0.480 e. The van der Waals surface area contributed by atoms with Crippen molar-refractivity contribution in [2.45, 2.75) is 71.3 Å². The molecular formula is C17H29NO3. The topological polar surface area (TPSA) is 57.6 Å². The van der Waals surface area contributed by atoms with E-state index in [2.05, 4.69) is 0 Å². The van der Waals surface area contributed by atoms with Crippen molar-refractivity contribution in [3.63, 3.8) is 0 Å². The summed E-state index contributed by atoms with van der Waals surface area (Å²) in [4.78, 5) is 25.8. The van der Waals surface area contributed by atoms with Gasteiger partial charge in [-0.2, -0.15) is 0 Å². The van der Waals surface area contributed by atoms with Gasteiger partial charge in [0, 0.05) is 12.5 Å². The highest BCUT2D eigenvalue weighted by Gasteiger charge is 2.42. The number of hydrogen-bond acceptors (Lipinski definition) is 2. The van der Waals surface area contributed by atoms with Gasteiger partial charge in [0.1, 0.15) is 5.54 Å². The summed E-state index contributed by atoms with van der Waals surface area (Å²) in [5.41, 5.74) is -1.12. The van der Waals surface area contributed by atoms with Gasteiger partial charge in [0.05, 0.1) is 0 Å². The van der Waals surface area contributed by atoms with Gasteiger partial charge in [-0.3, -0.25) is 4.79 Å². The molecule has 0 saturated heterocycles. The molecule has 0 spiro atoms. The number of aliphatic carboxylic acids is 1. The van der Waals surface area contributed by atoms with E-state index in [0.717, 1.165) is 25.2 Å². The third-order valence-corrected chi connectivity index (χ3v) is 5.67. The lowest BCUT2D eigenvalue weighted by atomic mass is 9.67. The van der Waals surface area contributed by atoms with Crippen LogP contribution in [0.15, 0.2) is 0 Å². The van der Waals surface area contributed by atoms with Crippen molar-refractivity contribution >= 4 is 11.9 Å². The van der Waals surface area contributed by atoms with Crippen LogP contribution < -0.4 is 0 Å². The summed E-state index contributed by atoms with van der Waals surface area (Å²) in [5.74, 6) is 0.652. The van der Waals surface area contributed by atoms with Crippen LogP contribution in [-0.4, -0.2) is 34.0 Å². The molecule has 3 unspecified atom stereocenters. The predicted octanol–water partition coefficient (Wildman–Crippen LogP) is 3.30. The second-order valence-corrected chi connectivity index (χ2v) is 7.26. The Morgan fingerprint density at radius 3 is 2.29 bits per heavy atom. The zero-order valence-corrected chi connectivity index (χ0v) is 13.6. The van der Waals surface area contributed by atoms with Gasteiger partial charge in [-0.1, -0.05) is 25.7 Å². The van der Waals surface area contributed by atoms with Crippen LogP contribution in [0.25, 0.3) is 0 Å². The van der Waals surface area contributed by atoms with Gasteiger partial charge in [-0.05, 0) is 51.9 Å². The zero-order chi connectivity index (χ0) is 15.6. The van der Waals surface area contributed by atoms with Crippen molar-refractivity contribution in [1.82, 2.24) is 4.90 Å². The number of likely N-dealkylation sites (N-methyl/N-ethyl adjacent to an activating group) is 1. The highest BCUT2D eigenvalue weighted by atomic mass is 16.4. The van der Waals surface area contributed by atoms with Gasteiger partial charge in [0.15, 0.2) is 0 Å². The molecule has 1 N–H and O–H groups in total. The van der Waals surface area contributed by atoms with E-state index in [0.29, 0.717) is 12.5 Å². The van der Waals surface area contributed by atoms with E-state index >= 15 is 0 Å². The van der Waals surface area contributed by atoms with Crippen molar-refractivity contribution in [1.29, 1.82) is 0 Å². The van der Waals surface area contributed by atoms with Crippen LogP contribution >= 0.6 is 0 Å². The van der Waals surface area contributed by atoms with Crippen LogP contribution in [0.4, 0.5) is 0 Å². The maximum absolute atomic E-state index is 12.8. The molecule has 0 aliphatic heterocycles. The number of carbonyl (C=O) groups is 2. The first-order chi connectivity index (χ1) is 9.87. The molecule has 0 aromatic heterocycles. The standard InChI is InChI=1S/C17H29NO3/c1-4-18(17(2,3)16(20)21)15(19)14-10-9-12-7-5-6-8-13(12)11-14/h12-14H,4-11H2,1-3H3,(H,20,21). The van der Waals surface area contributed by atoms with Gasteiger partial charge >= 0.3 is 5.97 Å². The maximum atomic E-state index is 12.8. The minimum atomic E-state index is -1.12. The second kappa shape index (κ2) is 6.37. The third kappa shape index (κ3) is 3.24. The first kappa shape index (κ1) is 16.3. The van der Waals surface area contributed by atoms with Gasteiger partial charge < -0.3 is 10.0 Å². The summed E-state index contributed by atoms with van der Waals surface area (Å²) in [7, 11) is 0. The normalized spacial score (nSPS) is 29.6. The molecule has 2 fully saturated rings. The highest BCUT2D eigenvalue weighted by Crippen LogP contribution is 2.43. The van der Waals surface area contributed by atoms with Crippen molar-refractivity contribution in [3.05, 3.63) is 0 Å². The van der Waals surface area contributed by atoms with Crippen LogP contribution in [0, 0.1) is 17.8 Å². The Hall–Kier alpha value is -1.06. The average molecular weight is 295 g/mol. The summed E-state index contributed by atoms with van der Waals surface area (Å²) in [6.45, 7) is 5.59. The summed E-state index contributed by atoms with van der Waals surface area (Å²) in [6, 6.07) is 0. The lowest BCUT2D eigenvalue weighted by Crippen LogP contribution is -2.55. The molecule has 2 aliphatic carbocycles. The SMILES string of the molecule is CCN(C(=O)C1CCC2CCCCC2C1)C(C)(C)C(=O)O. The number of rotatable bonds is 4. The van der Waals surface area contributed by atoms with E-state index in [1.807, 2.05) is 6.92 Å². The molecule has 21 heavy (non-hydrogen) atoms. The zero-order valence-electron chi connectivity index (χ0n) is 13.6. The fourth-order valence-electron chi connectivity index (χ4n) is 4.26. The number of amides is 1. The summed E-state index contributed by atoms with van der Waals surface area (Å²) >= 11 is 0. The van der Waals surface area contributed by atoms with E-state index in [4.69, 9.17) is 0 Å². The molecule has 4 heteroatoms. The highest BCUT2D eigenvalue weighted by molar-refractivity contribution is 5.87. The molecule has 0 aromatic carbocycles. The Morgan fingerprint density at radius 2 is 1.71 bits per heavy atom. The lowest BCUT2D eigenvalue weighted by molar-refractivity contribution is -0.159. The minimum absolute atomic E-state index is 0.0305. The molecule has 1 amide bonds. The number of carboxylic acids is 1. The smallest absolute Gasteiger partial charge is 0.329 e. The summed E-state index contributed by atoms with van der Waals surface area (Å²) < 4.78 is 0. The number of hydrogen-bond donors (Lipinski definition) is 1. The first-order valence-electron chi connectivity index (χ1n) is 8.42. The van der Waals surface area contributed by atoms with Crippen molar-refractivity contribution < 1.29 is 14.7 Å². The Morgan fingerprint density at radius 1 is 1.10 bits per heavy atom. The molecular weight excluding hydrogens is 266 g/mol. The molecule has 0 radical (unpaired) electrons. The molecule has 2 rings (SSSR count). The van der Waals surface area contributed by atoms with E-state index in [9.17, 15) is 14.7 Å². The van der Waals surface area contributed by atoms with Crippen molar-refractivity contribution in [2.75, 3.05) is 6.54 Å². The van der Waals surface area contributed by atoms with Gasteiger partial charge in [0.2, 0.25) is 5.91 Å². The summed E-state index contributed by atoms with van der Waals surface area (Å²) in [6.07, 6.45) is 8.26. The molecule has 3 atom stereocenters.